The number of amides is 1. The number of hydrogen-bond donors (Lipinski definition) is 0. The number of pyridine rings is 1. The van der Waals surface area contributed by atoms with E-state index in [1.54, 1.807) is 34.7 Å². The fourth-order valence-corrected chi connectivity index (χ4v) is 4.10. The van der Waals surface area contributed by atoms with Gasteiger partial charge < -0.3 is 19.1 Å². The maximum absolute atomic E-state index is 12.7. The van der Waals surface area contributed by atoms with Crippen molar-refractivity contribution in [2.75, 3.05) is 18.0 Å². The molecule has 2 aliphatic rings. The van der Waals surface area contributed by atoms with Gasteiger partial charge in [-0.1, -0.05) is 0 Å². The molecule has 4 rings (SSSR count). The van der Waals surface area contributed by atoms with Crippen molar-refractivity contribution in [1.29, 1.82) is 0 Å². The first kappa shape index (κ1) is 20.3. The fraction of sp³-hybridized carbons (Fsp3) is 0.429. The van der Waals surface area contributed by atoms with Crippen LogP contribution in [0, 0.1) is 12.8 Å². The van der Waals surface area contributed by atoms with E-state index in [0.717, 1.165) is 22.5 Å². The van der Waals surface area contributed by atoms with Crippen molar-refractivity contribution in [3.05, 3.63) is 57.5 Å². The molecule has 2 aliphatic heterocycles. The quantitative estimate of drug-likeness (QED) is 0.762. The van der Waals surface area contributed by atoms with Crippen molar-refractivity contribution in [3.63, 3.8) is 0 Å². The van der Waals surface area contributed by atoms with Gasteiger partial charge in [-0.15, -0.1) is 13.2 Å². The summed E-state index contributed by atoms with van der Waals surface area (Å²) in [4.78, 5) is 28.5. The lowest BCUT2D eigenvalue weighted by molar-refractivity contribution is -0.274. The standard InChI is InChI=1S/C21H22F3N3O3/c1-13-7-19(28)25(2)18-12-27(11-17(13)18)20(29)8-14-9-26(10-14)15-3-5-16(6-4-15)30-21(22,23)24/h3-7,14H,8-12H2,1-2H3. The molecule has 1 aromatic carbocycles. The molecular weight excluding hydrogens is 399 g/mol. The van der Waals surface area contributed by atoms with Gasteiger partial charge in [0.1, 0.15) is 5.75 Å². The minimum Gasteiger partial charge on any atom is -0.406 e. The molecule has 2 aromatic rings. The third kappa shape index (κ3) is 4.01. The Balaban J connectivity index is 1.30. The average molecular weight is 421 g/mol. The van der Waals surface area contributed by atoms with E-state index in [0.29, 0.717) is 32.6 Å². The Hall–Kier alpha value is -2.97. The van der Waals surface area contributed by atoms with Crippen LogP contribution in [0.4, 0.5) is 18.9 Å². The van der Waals surface area contributed by atoms with E-state index >= 15 is 0 Å². The lowest BCUT2D eigenvalue weighted by Gasteiger charge is -2.41. The first-order valence-corrected chi connectivity index (χ1v) is 9.67. The molecule has 0 N–H and O–H groups in total. The molecule has 1 amide bonds. The second-order valence-corrected chi connectivity index (χ2v) is 7.92. The predicted molar refractivity (Wildman–Crippen MR) is 104 cm³/mol. The predicted octanol–water partition coefficient (Wildman–Crippen LogP) is 2.96. The van der Waals surface area contributed by atoms with Gasteiger partial charge in [-0.25, -0.2) is 0 Å². The average Bonchev–Trinajstić information content (AvgIpc) is 3.08. The number of benzene rings is 1. The summed E-state index contributed by atoms with van der Waals surface area (Å²) < 4.78 is 42.2. The normalized spacial score (nSPS) is 16.4. The smallest absolute Gasteiger partial charge is 0.406 e. The highest BCUT2D eigenvalue weighted by atomic mass is 19.4. The van der Waals surface area contributed by atoms with Crippen LogP contribution >= 0.6 is 0 Å². The van der Waals surface area contributed by atoms with Gasteiger partial charge in [-0.05, 0) is 42.3 Å². The van der Waals surface area contributed by atoms with Crippen LogP contribution < -0.4 is 15.2 Å². The van der Waals surface area contributed by atoms with E-state index in [1.807, 2.05) is 11.8 Å². The van der Waals surface area contributed by atoms with Crippen molar-refractivity contribution in [2.24, 2.45) is 13.0 Å². The number of fused-ring (bicyclic) bond motifs is 1. The monoisotopic (exact) mass is 421 g/mol. The van der Waals surface area contributed by atoms with Crippen molar-refractivity contribution in [2.45, 2.75) is 32.8 Å². The summed E-state index contributed by atoms with van der Waals surface area (Å²) in [7, 11) is 1.73. The van der Waals surface area contributed by atoms with Crippen LogP contribution in [-0.2, 0) is 24.9 Å². The van der Waals surface area contributed by atoms with Gasteiger partial charge >= 0.3 is 6.36 Å². The number of halogens is 3. The number of hydrogen-bond acceptors (Lipinski definition) is 4. The lowest BCUT2D eigenvalue weighted by atomic mass is 9.95. The number of carbonyl (C=O) groups is 1. The van der Waals surface area contributed by atoms with Gasteiger partial charge in [-0.3, -0.25) is 9.59 Å². The summed E-state index contributed by atoms with van der Waals surface area (Å²) >= 11 is 0. The van der Waals surface area contributed by atoms with Gasteiger partial charge in [0.2, 0.25) is 5.91 Å². The van der Waals surface area contributed by atoms with Crippen LogP contribution in [0.15, 0.2) is 35.1 Å². The second kappa shape index (κ2) is 7.37. The van der Waals surface area contributed by atoms with E-state index in [2.05, 4.69) is 4.74 Å². The summed E-state index contributed by atoms with van der Waals surface area (Å²) in [5.41, 5.74) is 3.58. The van der Waals surface area contributed by atoms with E-state index in [1.165, 1.54) is 12.1 Å². The summed E-state index contributed by atoms with van der Waals surface area (Å²) in [6, 6.07) is 7.34. The molecule has 0 saturated carbocycles. The molecule has 160 valence electrons. The molecule has 0 bridgehead atoms. The molecule has 1 fully saturated rings. The van der Waals surface area contributed by atoms with Crippen LogP contribution in [0.2, 0.25) is 0 Å². The van der Waals surface area contributed by atoms with Crippen LogP contribution in [0.1, 0.15) is 23.2 Å². The fourth-order valence-electron chi connectivity index (χ4n) is 4.10. The first-order chi connectivity index (χ1) is 14.1. The van der Waals surface area contributed by atoms with Crippen molar-refractivity contribution in [1.82, 2.24) is 9.47 Å². The number of ether oxygens (including phenoxy) is 1. The summed E-state index contributed by atoms with van der Waals surface area (Å²) in [6.45, 7) is 4.19. The van der Waals surface area contributed by atoms with Crippen LogP contribution in [0.3, 0.4) is 0 Å². The maximum Gasteiger partial charge on any atom is 0.573 e. The minimum atomic E-state index is -4.70. The van der Waals surface area contributed by atoms with Gasteiger partial charge in [-0.2, -0.15) is 0 Å². The zero-order chi connectivity index (χ0) is 21.6. The Labute approximate surface area is 171 Å². The zero-order valence-corrected chi connectivity index (χ0v) is 16.7. The van der Waals surface area contributed by atoms with Crippen molar-refractivity contribution in [3.8, 4) is 5.75 Å². The van der Waals surface area contributed by atoms with Crippen LogP contribution in [-0.4, -0.2) is 34.8 Å². The summed E-state index contributed by atoms with van der Waals surface area (Å²) in [5.74, 6) is -0.00866. The Bertz CT molecular complexity index is 1020. The Morgan fingerprint density at radius 1 is 1.17 bits per heavy atom. The molecule has 0 spiro atoms. The van der Waals surface area contributed by atoms with Gasteiger partial charge in [0, 0.05) is 56.5 Å². The van der Waals surface area contributed by atoms with Crippen LogP contribution in [0.5, 0.6) is 5.75 Å². The van der Waals surface area contributed by atoms with Gasteiger partial charge in [0.05, 0.1) is 6.54 Å². The van der Waals surface area contributed by atoms with E-state index in [-0.39, 0.29) is 23.1 Å². The molecule has 6 nitrogen and oxygen atoms in total. The molecular formula is C21H22F3N3O3. The summed E-state index contributed by atoms with van der Waals surface area (Å²) in [5, 5.41) is 0. The van der Waals surface area contributed by atoms with E-state index < -0.39 is 6.36 Å². The van der Waals surface area contributed by atoms with E-state index in [9.17, 15) is 22.8 Å². The number of nitrogens with zero attached hydrogens (tertiary/aromatic N) is 3. The van der Waals surface area contributed by atoms with Crippen molar-refractivity contribution >= 4 is 11.6 Å². The Kier molecular flexibility index (Phi) is 4.99. The number of alkyl halides is 3. The maximum atomic E-state index is 12.7. The molecule has 3 heterocycles. The second-order valence-electron chi connectivity index (χ2n) is 7.92. The molecule has 1 saturated heterocycles. The van der Waals surface area contributed by atoms with Gasteiger partial charge in [0.15, 0.2) is 0 Å². The van der Waals surface area contributed by atoms with Gasteiger partial charge in [0.25, 0.3) is 5.56 Å². The van der Waals surface area contributed by atoms with Crippen LogP contribution in [0.25, 0.3) is 0 Å². The molecule has 0 unspecified atom stereocenters. The molecule has 9 heteroatoms. The third-order valence-electron chi connectivity index (χ3n) is 5.80. The summed E-state index contributed by atoms with van der Waals surface area (Å²) in [6.07, 6.45) is -4.30. The number of carbonyl (C=O) groups excluding carboxylic acids is 1. The molecule has 1 aromatic heterocycles. The SMILES string of the molecule is Cc1cc(=O)n(C)c2c1CN(C(=O)CC1CN(c3ccc(OC(F)(F)F)cc3)C1)C2. The molecule has 0 aliphatic carbocycles. The van der Waals surface area contributed by atoms with Crippen molar-refractivity contribution < 1.29 is 22.7 Å². The first-order valence-electron chi connectivity index (χ1n) is 9.67. The highest BCUT2D eigenvalue weighted by Crippen LogP contribution is 2.31. The Morgan fingerprint density at radius 2 is 1.83 bits per heavy atom. The number of aryl methyl sites for hydroxylation is 1. The minimum absolute atomic E-state index is 0.0524. The number of aromatic nitrogens is 1. The lowest BCUT2D eigenvalue weighted by Crippen LogP contribution is -2.48. The largest absolute Gasteiger partial charge is 0.573 e. The zero-order valence-electron chi connectivity index (χ0n) is 16.7. The molecule has 0 atom stereocenters. The Morgan fingerprint density at radius 3 is 2.47 bits per heavy atom. The number of rotatable bonds is 4. The number of anilines is 1. The topological polar surface area (TPSA) is 54.8 Å². The third-order valence-corrected chi connectivity index (χ3v) is 5.80. The molecule has 30 heavy (non-hydrogen) atoms. The molecule has 0 radical (unpaired) electrons. The highest BCUT2D eigenvalue weighted by Gasteiger charge is 2.34. The van der Waals surface area contributed by atoms with E-state index in [4.69, 9.17) is 0 Å². The highest BCUT2D eigenvalue weighted by molar-refractivity contribution is 5.77.